The van der Waals surface area contributed by atoms with Gasteiger partial charge in [-0.05, 0) is 40.2 Å². The van der Waals surface area contributed by atoms with E-state index in [4.69, 9.17) is 11.6 Å². The predicted molar refractivity (Wildman–Crippen MR) is 77.8 cm³/mol. The molecule has 0 saturated carbocycles. The second-order valence-electron chi connectivity index (χ2n) is 5.13. The van der Waals surface area contributed by atoms with E-state index < -0.39 is 5.38 Å². The Kier molecular flexibility index (Phi) is 5.46. The Hall–Kier alpha value is -0.760. The van der Waals surface area contributed by atoms with E-state index in [1.807, 2.05) is 13.0 Å². The van der Waals surface area contributed by atoms with Crippen LogP contribution >= 0.6 is 11.6 Å². The van der Waals surface area contributed by atoms with E-state index in [2.05, 4.69) is 25.3 Å². The minimum atomic E-state index is -0.454. The smallest absolute Gasteiger partial charge is 0.182 e. The zero-order valence-electron chi connectivity index (χ0n) is 12.1. The van der Waals surface area contributed by atoms with Crippen LogP contribution in [-0.4, -0.2) is 15.7 Å². The highest BCUT2D eigenvalue weighted by Crippen LogP contribution is 2.25. The zero-order valence-corrected chi connectivity index (χ0v) is 12.8. The standard InChI is InChI=1S/C15H24ClNO/c1-6-7-8-10(2)17-11(3)9-14(13(17)5)15(18)12(4)16/h9-10,12H,6-8H2,1-5H3. The van der Waals surface area contributed by atoms with Crippen molar-refractivity contribution in [3.05, 3.63) is 23.0 Å². The lowest BCUT2D eigenvalue weighted by atomic mass is 10.1. The van der Waals surface area contributed by atoms with Gasteiger partial charge in [0, 0.05) is 23.0 Å². The highest BCUT2D eigenvalue weighted by atomic mass is 35.5. The molecule has 0 radical (unpaired) electrons. The Morgan fingerprint density at radius 2 is 2.00 bits per heavy atom. The van der Waals surface area contributed by atoms with E-state index in [0.29, 0.717) is 6.04 Å². The molecule has 1 aromatic rings. The molecule has 0 aliphatic heterocycles. The monoisotopic (exact) mass is 269 g/mol. The number of ketones is 1. The van der Waals surface area contributed by atoms with Gasteiger partial charge in [-0.1, -0.05) is 19.8 Å². The van der Waals surface area contributed by atoms with Crippen molar-refractivity contribution < 1.29 is 4.79 Å². The first-order chi connectivity index (χ1) is 8.40. The van der Waals surface area contributed by atoms with Gasteiger partial charge >= 0.3 is 0 Å². The Morgan fingerprint density at radius 3 is 2.50 bits per heavy atom. The van der Waals surface area contributed by atoms with Crippen LogP contribution in [0.5, 0.6) is 0 Å². The summed E-state index contributed by atoms with van der Waals surface area (Å²) in [4.78, 5) is 12.0. The zero-order chi connectivity index (χ0) is 13.9. The number of Topliss-reactive ketones (excluding diaryl/α,β-unsaturated/α-hetero) is 1. The maximum Gasteiger partial charge on any atom is 0.182 e. The summed E-state index contributed by atoms with van der Waals surface area (Å²) in [5.41, 5.74) is 2.98. The summed E-state index contributed by atoms with van der Waals surface area (Å²) in [6.07, 6.45) is 3.57. The number of halogens is 1. The molecule has 0 bridgehead atoms. The van der Waals surface area contributed by atoms with Crippen molar-refractivity contribution in [1.29, 1.82) is 0 Å². The fourth-order valence-electron chi connectivity index (χ4n) is 2.55. The average Bonchev–Trinajstić information content (AvgIpc) is 2.60. The fourth-order valence-corrected chi connectivity index (χ4v) is 2.67. The van der Waals surface area contributed by atoms with Gasteiger partial charge in [0.15, 0.2) is 5.78 Å². The molecule has 102 valence electrons. The average molecular weight is 270 g/mol. The minimum Gasteiger partial charge on any atom is -0.346 e. The number of aromatic nitrogens is 1. The lowest BCUT2D eigenvalue weighted by Gasteiger charge is -2.18. The van der Waals surface area contributed by atoms with Gasteiger partial charge in [-0.15, -0.1) is 11.6 Å². The second kappa shape index (κ2) is 6.42. The summed E-state index contributed by atoms with van der Waals surface area (Å²) in [7, 11) is 0. The minimum absolute atomic E-state index is 0.0266. The fraction of sp³-hybridized carbons (Fsp3) is 0.667. The van der Waals surface area contributed by atoms with Crippen LogP contribution in [0.3, 0.4) is 0 Å². The molecule has 1 heterocycles. The van der Waals surface area contributed by atoms with Gasteiger partial charge < -0.3 is 4.57 Å². The van der Waals surface area contributed by atoms with Crippen LogP contribution in [0.25, 0.3) is 0 Å². The predicted octanol–water partition coefficient (Wildman–Crippen LogP) is 4.67. The summed E-state index contributed by atoms with van der Waals surface area (Å²) >= 11 is 5.90. The van der Waals surface area contributed by atoms with Crippen molar-refractivity contribution in [2.24, 2.45) is 0 Å². The molecule has 2 unspecified atom stereocenters. The van der Waals surface area contributed by atoms with Gasteiger partial charge in [0.2, 0.25) is 0 Å². The van der Waals surface area contributed by atoms with E-state index in [9.17, 15) is 4.79 Å². The van der Waals surface area contributed by atoms with Gasteiger partial charge in [-0.25, -0.2) is 0 Å². The van der Waals surface area contributed by atoms with Crippen molar-refractivity contribution in [2.45, 2.75) is 65.3 Å². The number of aryl methyl sites for hydroxylation is 1. The third-order valence-corrected chi connectivity index (χ3v) is 3.73. The van der Waals surface area contributed by atoms with Gasteiger partial charge in [0.1, 0.15) is 0 Å². The molecule has 2 nitrogen and oxygen atoms in total. The van der Waals surface area contributed by atoms with Gasteiger partial charge in [-0.3, -0.25) is 4.79 Å². The third kappa shape index (κ3) is 3.17. The van der Waals surface area contributed by atoms with E-state index in [-0.39, 0.29) is 5.78 Å². The molecule has 3 heteroatoms. The molecule has 0 amide bonds. The molecule has 0 aliphatic carbocycles. The number of hydrogen-bond acceptors (Lipinski definition) is 1. The summed E-state index contributed by atoms with van der Waals surface area (Å²) in [5.74, 6) is 0.0266. The van der Waals surface area contributed by atoms with Crippen LogP contribution < -0.4 is 0 Å². The van der Waals surface area contributed by atoms with Crippen LogP contribution in [0, 0.1) is 13.8 Å². The lowest BCUT2D eigenvalue weighted by molar-refractivity contribution is 0.0991. The van der Waals surface area contributed by atoms with Crippen LogP contribution in [0.2, 0.25) is 0 Å². The van der Waals surface area contributed by atoms with Gasteiger partial charge in [-0.2, -0.15) is 0 Å². The van der Waals surface area contributed by atoms with Crippen molar-refractivity contribution in [3.63, 3.8) is 0 Å². The quantitative estimate of drug-likeness (QED) is 0.543. The van der Waals surface area contributed by atoms with Crippen molar-refractivity contribution in [3.8, 4) is 0 Å². The van der Waals surface area contributed by atoms with Crippen LogP contribution in [0.1, 0.15) is 67.8 Å². The number of carbonyl (C=O) groups is 1. The van der Waals surface area contributed by atoms with E-state index in [0.717, 1.165) is 23.4 Å². The first-order valence-electron chi connectivity index (χ1n) is 6.76. The second-order valence-corrected chi connectivity index (χ2v) is 5.78. The van der Waals surface area contributed by atoms with E-state index >= 15 is 0 Å². The molecule has 0 spiro atoms. The molecule has 0 fully saturated rings. The molecule has 0 aromatic carbocycles. The third-order valence-electron chi connectivity index (χ3n) is 3.53. The molecule has 2 atom stereocenters. The van der Waals surface area contributed by atoms with Crippen LogP contribution in [-0.2, 0) is 0 Å². The largest absolute Gasteiger partial charge is 0.346 e. The van der Waals surface area contributed by atoms with Crippen molar-refractivity contribution in [1.82, 2.24) is 4.57 Å². The highest BCUT2D eigenvalue weighted by Gasteiger charge is 2.21. The number of hydrogen-bond donors (Lipinski definition) is 0. The molecule has 0 aliphatic rings. The van der Waals surface area contributed by atoms with E-state index in [1.165, 1.54) is 12.8 Å². The summed E-state index contributed by atoms with van der Waals surface area (Å²) < 4.78 is 2.27. The maximum atomic E-state index is 12.0. The van der Waals surface area contributed by atoms with Gasteiger partial charge in [0.25, 0.3) is 0 Å². The normalized spacial score (nSPS) is 14.6. The topological polar surface area (TPSA) is 22.0 Å². The number of rotatable bonds is 6. The summed E-state index contributed by atoms with van der Waals surface area (Å²) in [6.45, 7) is 10.2. The van der Waals surface area contributed by atoms with Gasteiger partial charge in [0.05, 0.1) is 5.38 Å². The summed E-state index contributed by atoms with van der Waals surface area (Å²) in [6, 6.07) is 2.41. The van der Waals surface area contributed by atoms with Crippen LogP contribution in [0.4, 0.5) is 0 Å². The van der Waals surface area contributed by atoms with Crippen molar-refractivity contribution in [2.75, 3.05) is 0 Å². The number of unbranched alkanes of at least 4 members (excludes halogenated alkanes) is 1. The first kappa shape index (κ1) is 15.3. The number of carbonyl (C=O) groups excluding carboxylic acids is 1. The first-order valence-corrected chi connectivity index (χ1v) is 7.20. The Bertz CT molecular complexity index is 420. The molecular weight excluding hydrogens is 246 g/mol. The molecule has 18 heavy (non-hydrogen) atoms. The molecular formula is C15H24ClNO. The molecule has 1 rings (SSSR count). The van der Waals surface area contributed by atoms with E-state index in [1.54, 1.807) is 6.92 Å². The maximum absolute atomic E-state index is 12.0. The van der Waals surface area contributed by atoms with Crippen molar-refractivity contribution >= 4 is 17.4 Å². The lowest BCUT2D eigenvalue weighted by Crippen LogP contribution is -2.13. The molecule has 1 aromatic heterocycles. The summed E-state index contributed by atoms with van der Waals surface area (Å²) in [5, 5.41) is -0.454. The molecule has 0 saturated heterocycles. The SMILES string of the molecule is CCCCC(C)n1c(C)cc(C(=O)C(C)Cl)c1C. The molecule has 0 N–H and O–H groups in total. The Morgan fingerprint density at radius 1 is 1.39 bits per heavy atom. The highest BCUT2D eigenvalue weighted by molar-refractivity contribution is 6.33. The number of nitrogens with zero attached hydrogens (tertiary/aromatic N) is 1. The number of alkyl halides is 1. The Balaban J connectivity index is 3.04. The van der Waals surface area contributed by atoms with Crippen LogP contribution in [0.15, 0.2) is 6.07 Å². The Labute approximate surface area is 115 Å².